The number of hydrogen-bond acceptors (Lipinski definition) is 5. The van der Waals surface area contributed by atoms with Crippen LogP contribution in [0.25, 0.3) is 0 Å². The number of nitrogens with one attached hydrogen (secondary N) is 1. The highest BCUT2D eigenvalue weighted by Crippen LogP contribution is 2.41. The van der Waals surface area contributed by atoms with E-state index in [-0.39, 0.29) is 17.0 Å². The Hall–Kier alpha value is -3.12. The molecule has 1 aliphatic heterocycles. The van der Waals surface area contributed by atoms with Gasteiger partial charge in [0.15, 0.2) is 0 Å². The van der Waals surface area contributed by atoms with Gasteiger partial charge in [0.05, 0.1) is 7.11 Å². The molecule has 3 rings (SSSR count). The van der Waals surface area contributed by atoms with Crippen LogP contribution >= 0.6 is 0 Å². The summed E-state index contributed by atoms with van der Waals surface area (Å²) in [6.45, 7) is 1.32. The first-order chi connectivity index (χ1) is 11.9. The zero-order chi connectivity index (χ0) is 18.2. The second-order valence-electron chi connectivity index (χ2n) is 5.71. The third-order valence-corrected chi connectivity index (χ3v) is 4.21. The summed E-state index contributed by atoms with van der Waals surface area (Å²) in [5.41, 5.74) is -1.85. The van der Waals surface area contributed by atoms with Gasteiger partial charge in [-0.05, 0) is 31.2 Å². The summed E-state index contributed by atoms with van der Waals surface area (Å²) in [7, 11) is 1.52. The fourth-order valence-electron chi connectivity index (χ4n) is 2.97. The van der Waals surface area contributed by atoms with Crippen molar-refractivity contribution in [2.24, 2.45) is 0 Å². The lowest BCUT2D eigenvalue weighted by Gasteiger charge is -2.33. The van der Waals surface area contributed by atoms with Crippen LogP contribution in [0.4, 0.5) is 5.69 Å². The standard InChI is InChI=1S/C19H18N2O4/c1-12(22)16-17(20)19(24,13-8-10-15(25-2)11-9-13)21(18(16)23)14-6-4-3-5-7-14/h3-11,20,22,24H,1-2H3/b16-12+,20-17?. The molecule has 1 heterocycles. The first-order valence-electron chi connectivity index (χ1n) is 7.67. The van der Waals surface area contributed by atoms with Gasteiger partial charge in [0.2, 0.25) is 5.72 Å². The first-order valence-corrected chi connectivity index (χ1v) is 7.67. The van der Waals surface area contributed by atoms with Crippen LogP contribution in [0, 0.1) is 5.41 Å². The Morgan fingerprint density at radius 3 is 2.24 bits per heavy atom. The molecule has 1 amide bonds. The van der Waals surface area contributed by atoms with Crippen LogP contribution in [-0.2, 0) is 10.5 Å². The fourth-order valence-corrected chi connectivity index (χ4v) is 2.97. The van der Waals surface area contributed by atoms with Gasteiger partial charge in [-0.25, -0.2) is 0 Å². The molecule has 0 aromatic heterocycles. The number of aliphatic hydroxyl groups is 2. The van der Waals surface area contributed by atoms with Crippen molar-refractivity contribution in [3.05, 3.63) is 71.5 Å². The maximum Gasteiger partial charge on any atom is 0.266 e. The number of benzene rings is 2. The van der Waals surface area contributed by atoms with E-state index < -0.39 is 11.6 Å². The minimum Gasteiger partial charge on any atom is -0.512 e. The van der Waals surface area contributed by atoms with E-state index in [4.69, 9.17) is 10.1 Å². The molecule has 2 aromatic rings. The summed E-state index contributed by atoms with van der Waals surface area (Å²) in [5.74, 6) is -0.349. The highest BCUT2D eigenvalue weighted by molar-refractivity contribution is 6.35. The fraction of sp³-hybridized carbons (Fsp3) is 0.158. The number of methoxy groups -OCH3 is 1. The van der Waals surface area contributed by atoms with Gasteiger partial charge in [-0.1, -0.05) is 30.3 Å². The van der Waals surface area contributed by atoms with E-state index in [0.717, 1.165) is 4.90 Å². The molecule has 0 radical (unpaired) electrons. The first kappa shape index (κ1) is 16.7. The van der Waals surface area contributed by atoms with Gasteiger partial charge in [-0.15, -0.1) is 0 Å². The highest BCUT2D eigenvalue weighted by Gasteiger charge is 2.55. The van der Waals surface area contributed by atoms with E-state index in [1.165, 1.54) is 14.0 Å². The Morgan fingerprint density at radius 1 is 1.12 bits per heavy atom. The van der Waals surface area contributed by atoms with Crippen molar-refractivity contribution in [1.82, 2.24) is 0 Å². The quantitative estimate of drug-likeness (QED) is 0.592. The largest absolute Gasteiger partial charge is 0.512 e. The molecule has 1 atom stereocenters. The molecule has 2 aromatic carbocycles. The Labute approximate surface area is 145 Å². The highest BCUT2D eigenvalue weighted by atomic mass is 16.5. The zero-order valence-corrected chi connectivity index (χ0v) is 13.9. The summed E-state index contributed by atoms with van der Waals surface area (Å²) in [6, 6.07) is 15.0. The van der Waals surface area contributed by atoms with Gasteiger partial charge in [-0.3, -0.25) is 15.1 Å². The Kier molecular flexibility index (Phi) is 4.06. The number of anilines is 1. The van der Waals surface area contributed by atoms with E-state index in [1.54, 1.807) is 54.6 Å². The molecule has 1 aliphatic rings. The van der Waals surface area contributed by atoms with Gasteiger partial charge in [0, 0.05) is 11.3 Å². The number of hydrogen-bond donors (Lipinski definition) is 3. The summed E-state index contributed by atoms with van der Waals surface area (Å²) in [4.78, 5) is 14.0. The van der Waals surface area contributed by atoms with Crippen LogP contribution in [0.5, 0.6) is 5.75 Å². The molecule has 1 fully saturated rings. The van der Waals surface area contributed by atoms with E-state index in [1.807, 2.05) is 0 Å². The number of allylic oxidation sites excluding steroid dienone is 1. The van der Waals surface area contributed by atoms with Crippen molar-refractivity contribution >= 4 is 17.3 Å². The van der Waals surface area contributed by atoms with Crippen LogP contribution in [0.1, 0.15) is 12.5 Å². The van der Waals surface area contributed by atoms with Gasteiger partial charge in [0.1, 0.15) is 22.8 Å². The van der Waals surface area contributed by atoms with Crippen molar-refractivity contribution in [2.45, 2.75) is 12.6 Å². The number of carbonyl (C=O) groups is 1. The van der Waals surface area contributed by atoms with Crippen LogP contribution in [-0.4, -0.2) is 28.9 Å². The van der Waals surface area contributed by atoms with E-state index in [2.05, 4.69) is 0 Å². The van der Waals surface area contributed by atoms with Crippen LogP contribution < -0.4 is 9.64 Å². The van der Waals surface area contributed by atoms with Crippen molar-refractivity contribution < 1.29 is 19.7 Å². The van der Waals surface area contributed by atoms with Crippen LogP contribution in [0.2, 0.25) is 0 Å². The lowest BCUT2D eigenvalue weighted by atomic mass is 9.95. The van der Waals surface area contributed by atoms with E-state index in [9.17, 15) is 15.0 Å². The topological polar surface area (TPSA) is 93.9 Å². The molecule has 0 saturated carbocycles. The maximum absolute atomic E-state index is 12.9. The maximum atomic E-state index is 12.9. The van der Waals surface area contributed by atoms with Gasteiger partial charge in [0.25, 0.3) is 5.91 Å². The van der Waals surface area contributed by atoms with Gasteiger partial charge >= 0.3 is 0 Å². The normalized spacial score (nSPS) is 22.3. The number of amides is 1. The summed E-state index contributed by atoms with van der Waals surface area (Å²) in [6.07, 6.45) is 0. The second-order valence-corrected chi connectivity index (χ2v) is 5.71. The molecule has 3 N–H and O–H groups in total. The molecule has 0 spiro atoms. The van der Waals surface area contributed by atoms with E-state index in [0.29, 0.717) is 17.0 Å². The molecule has 25 heavy (non-hydrogen) atoms. The third-order valence-electron chi connectivity index (χ3n) is 4.21. The number of rotatable bonds is 3. The van der Waals surface area contributed by atoms with Crippen molar-refractivity contribution in [3.8, 4) is 5.75 Å². The summed E-state index contributed by atoms with van der Waals surface area (Å²) in [5, 5.41) is 29.6. The molecular formula is C19H18N2O4. The SMILES string of the molecule is COc1ccc(C2(O)C(=N)/C(=C(/C)O)C(=O)N2c2ccccc2)cc1. The van der Waals surface area contributed by atoms with E-state index >= 15 is 0 Å². The number of nitrogens with zero attached hydrogens (tertiary/aromatic N) is 1. The van der Waals surface area contributed by atoms with Crippen LogP contribution in [0.3, 0.4) is 0 Å². The monoisotopic (exact) mass is 338 g/mol. The minimum atomic E-state index is -2.02. The van der Waals surface area contributed by atoms with Crippen molar-refractivity contribution in [3.63, 3.8) is 0 Å². The molecule has 128 valence electrons. The van der Waals surface area contributed by atoms with Gasteiger partial charge in [-0.2, -0.15) is 0 Å². The lowest BCUT2D eigenvalue weighted by molar-refractivity contribution is -0.116. The molecule has 6 nitrogen and oxygen atoms in total. The second kappa shape index (κ2) is 6.07. The zero-order valence-electron chi connectivity index (χ0n) is 13.9. The molecule has 1 unspecified atom stereocenters. The Morgan fingerprint density at radius 2 is 1.72 bits per heavy atom. The molecule has 6 heteroatoms. The predicted molar refractivity (Wildman–Crippen MR) is 93.9 cm³/mol. The van der Waals surface area contributed by atoms with Crippen molar-refractivity contribution in [2.75, 3.05) is 12.0 Å². The number of carbonyl (C=O) groups excluding carboxylic acids is 1. The molecule has 1 saturated heterocycles. The van der Waals surface area contributed by atoms with Crippen LogP contribution in [0.15, 0.2) is 65.9 Å². The molecule has 0 bridgehead atoms. The third kappa shape index (κ3) is 2.47. The number of aliphatic hydroxyl groups excluding tert-OH is 1. The molecule has 0 aliphatic carbocycles. The minimum absolute atomic E-state index is 0.206. The summed E-state index contributed by atoms with van der Waals surface area (Å²) < 4.78 is 5.12. The number of para-hydroxylation sites is 1. The summed E-state index contributed by atoms with van der Waals surface area (Å²) >= 11 is 0. The Balaban J connectivity index is 2.23. The van der Waals surface area contributed by atoms with Crippen molar-refractivity contribution in [1.29, 1.82) is 5.41 Å². The lowest BCUT2D eigenvalue weighted by Crippen LogP contribution is -2.47. The number of ether oxygens (including phenoxy) is 1. The van der Waals surface area contributed by atoms with Gasteiger partial charge < -0.3 is 14.9 Å². The average molecular weight is 338 g/mol. The smallest absolute Gasteiger partial charge is 0.266 e. The predicted octanol–water partition coefficient (Wildman–Crippen LogP) is 2.74. The molecular weight excluding hydrogens is 320 g/mol. The average Bonchev–Trinajstić information content (AvgIpc) is 2.82. The Bertz CT molecular complexity index is 855.